The first-order valence-corrected chi connectivity index (χ1v) is 6.49. The Bertz CT molecular complexity index is 207. The van der Waals surface area contributed by atoms with Crippen LogP contribution >= 0.6 is 0 Å². The monoisotopic (exact) mass is 228 g/mol. The minimum absolute atomic E-state index is 0.163. The van der Waals surface area contributed by atoms with Gasteiger partial charge < -0.3 is 10.4 Å². The van der Waals surface area contributed by atoms with E-state index in [2.05, 4.69) is 10.6 Å². The highest BCUT2D eigenvalue weighted by Gasteiger charge is 2.15. The number of hydrogen-bond acceptors (Lipinski definition) is 4. The van der Waals surface area contributed by atoms with E-state index >= 15 is 0 Å². The minimum Gasteiger partial charge on any atom is -0.411 e. The first kappa shape index (κ1) is 13.5. The van der Waals surface area contributed by atoms with Gasteiger partial charge >= 0.3 is 0 Å². The average Bonchev–Trinajstić information content (AvgIpc) is 2.30. The van der Waals surface area contributed by atoms with Crippen molar-refractivity contribution in [1.29, 1.82) is 0 Å². The van der Waals surface area contributed by atoms with Gasteiger partial charge in [0, 0.05) is 0 Å². The van der Waals surface area contributed by atoms with E-state index in [1.165, 1.54) is 38.5 Å². The van der Waals surface area contributed by atoms with Gasteiger partial charge in [-0.25, -0.2) is 0 Å². The Balaban J connectivity index is 2.45. The SMILES string of the molecule is ON=C1CCCCCCCCCCC1NO. The van der Waals surface area contributed by atoms with Crippen molar-refractivity contribution in [3.8, 4) is 0 Å². The molecule has 1 atom stereocenters. The van der Waals surface area contributed by atoms with Gasteiger partial charge in [0.05, 0.1) is 11.8 Å². The fraction of sp³-hybridized carbons (Fsp3) is 0.917. The van der Waals surface area contributed by atoms with Crippen molar-refractivity contribution < 1.29 is 10.4 Å². The van der Waals surface area contributed by atoms with E-state index in [4.69, 9.17) is 10.4 Å². The maximum Gasteiger partial charge on any atom is 0.0763 e. The Morgan fingerprint density at radius 2 is 1.50 bits per heavy atom. The number of hydroxylamine groups is 1. The van der Waals surface area contributed by atoms with Gasteiger partial charge in [0.15, 0.2) is 0 Å². The normalized spacial score (nSPS) is 28.3. The molecule has 0 aromatic rings. The van der Waals surface area contributed by atoms with Crippen LogP contribution in [0.25, 0.3) is 0 Å². The summed E-state index contributed by atoms with van der Waals surface area (Å²) < 4.78 is 0. The molecule has 0 saturated heterocycles. The van der Waals surface area contributed by atoms with Crippen molar-refractivity contribution in [1.82, 2.24) is 5.48 Å². The third-order valence-corrected chi connectivity index (χ3v) is 3.36. The van der Waals surface area contributed by atoms with Crippen LogP contribution in [0.4, 0.5) is 0 Å². The zero-order valence-electron chi connectivity index (χ0n) is 9.99. The van der Waals surface area contributed by atoms with Crippen molar-refractivity contribution >= 4 is 5.71 Å². The lowest BCUT2D eigenvalue weighted by molar-refractivity contribution is 0.142. The standard InChI is InChI=1S/C12H24N2O2/c15-13-11-9-7-5-3-1-2-4-6-8-10-12(11)14-16/h11,13,15-16H,1-10H2. The molecule has 16 heavy (non-hydrogen) atoms. The Morgan fingerprint density at radius 1 is 0.938 bits per heavy atom. The van der Waals surface area contributed by atoms with Gasteiger partial charge in [-0.1, -0.05) is 50.1 Å². The van der Waals surface area contributed by atoms with Gasteiger partial charge in [-0.3, -0.25) is 0 Å². The molecule has 1 saturated carbocycles. The van der Waals surface area contributed by atoms with Crippen molar-refractivity contribution in [3.63, 3.8) is 0 Å². The van der Waals surface area contributed by atoms with Crippen LogP contribution in [0, 0.1) is 0 Å². The first-order chi connectivity index (χ1) is 7.88. The van der Waals surface area contributed by atoms with Crippen LogP contribution in [0.3, 0.4) is 0 Å². The molecular weight excluding hydrogens is 204 g/mol. The molecule has 0 amide bonds. The third-order valence-electron chi connectivity index (χ3n) is 3.36. The van der Waals surface area contributed by atoms with E-state index in [0.717, 1.165) is 25.7 Å². The van der Waals surface area contributed by atoms with Crippen molar-refractivity contribution in [3.05, 3.63) is 0 Å². The van der Waals surface area contributed by atoms with E-state index in [1.54, 1.807) is 0 Å². The van der Waals surface area contributed by atoms with E-state index in [-0.39, 0.29) is 6.04 Å². The Kier molecular flexibility index (Phi) is 7.17. The molecule has 0 spiro atoms. The highest BCUT2D eigenvalue weighted by Crippen LogP contribution is 2.15. The molecule has 0 radical (unpaired) electrons. The summed E-state index contributed by atoms with van der Waals surface area (Å²) in [7, 11) is 0. The Hall–Kier alpha value is -0.610. The molecule has 1 rings (SSSR count). The summed E-state index contributed by atoms with van der Waals surface area (Å²) in [5.74, 6) is 0. The quantitative estimate of drug-likeness (QED) is 0.477. The van der Waals surface area contributed by atoms with Crippen LogP contribution in [-0.2, 0) is 0 Å². The maximum atomic E-state index is 9.06. The highest BCUT2D eigenvalue weighted by atomic mass is 16.5. The smallest absolute Gasteiger partial charge is 0.0763 e. The van der Waals surface area contributed by atoms with Crippen LogP contribution in [0.5, 0.6) is 0 Å². The molecule has 1 fully saturated rings. The second kappa shape index (κ2) is 8.53. The lowest BCUT2D eigenvalue weighted by Crippen LogP contribution is -2.34. The van der Waals surface area contributed by atoms with Gasteiger partial charge in [-0.05, 0) is 19.3 Å². The molecular formula is C12H24N2O2. The molecule has 1 unspecified atom stereocenters. The lowest BCUT2D eigenvalue weighted by atomic mass is 9.97. The van der Waals surface area contributed by atoms with Gasteiger partial charge in [0.2, 0.25) is 0 Å². The summed E-state index contributed by atoms with van der Waals surface area (Å²) in [4.78, 5) is 0. The molecule has 0 aromatic heterocycles. The Morgan fingerprint density at radius 3 is 2.06 bits per heavy atom. The van der Waals surface area contributed by atoms with Crippen molar-refractivity contribution in [2.75, 3.05) is 0 Å². The first-order valence-electron chi connectivity index (χ1n) is 6.49. The van der Waals surface area contributed by atoms with Crippen LogP contribution in [0.15, 0.2) is 5.16 Å². The summed E-state index contributed by atoms with van der Waals surface area (Å²) in [6.07, 6.45) is 11.4. The van der Waals surface area contributed by atoms with Crippen molar-refractivity contribution in [2.24, 2.45) is 5.16 Å². The highest BCUT2D eigenvalue weighted by molar-refractivity contribution is 5.88. The lowest BCUT2D eigenvalue weighted by Gasteiger charge is -2.17. The molecule has 0 aliphatic heterocycles. The van der Waals surface area contributed by atoms with Gasteiger partial charge in [0.25, 0.3) is 0 Å². The molecule has 0 bridgehead atoms. The molecule has 0 aromatic carbocycles. The van der Waals surface area contributed by atoms with Crippen LogP contribution in [0.2, 0.25) is 0 Å². The van der Waals surface area contributed by atoms with Crippen molar-refractivity contribution in [2.45, 2.75) is 70.3 Å². The number of oxime groups is 1. The summed E-state index contributed by atoms with van der Waals surface area (Å²) in [6, 6.07) is -0.163. The molecule has 3 N–H and O–H groups in total. The molecule has 1 aliphatic carbocycles. The molecule has 1 aliphatic rings. The maximum absolute atomic E-state index is 9.06. The zero-order valence-corrected chi connectivity index (χ0v) is 9.99. The largest absolute Gasteiger partial charge is 0.411 e. The average molecular weight is 228 g/mol. The summed E-state index contributed by atoms with van der Waals surface area (Å²) in [5, 5.41) is 21.3. The number of rotatable bonds is 1. The molecule has 94 valence electrons. The van der Waals surface area contributed by atoms with E-state index < -0.39 is 0 Å². The van der Waals surface area contributed by atoms with E-state index in [0.29, 0.717) is 5.71 Å². The van der Waals surface area contributed by atoms with Gasteiger partial charge in [-0.2, -0.15) is 5.48 Å². The summed E-state index contributed by atoms with van der Waals surface area (Å²) >= 11 is 0. The van der Waals surface area contributed by atoms with E-state index in [9.17, 15) is 0 Å². The molecule has 4 nitrogen and oxygen atoms in total. The van der Waals surface area contributed by atoms with Crippen LogP contribution in [-0.4, -0.2) is 22.2 Å². The predicted molar refractivity (Wildman–Crippen MR) is 64.1 cm³/mol. The second-order valence-corrected chi connectivity index (χ2v) is 4.64. The fourth-order valence-corrected chi connectivity index (χ4v) is 2.31. The predicted octanol–water partition coefficient (Wildman–Crippen LogP) is 3.08. The van der Waals surface area contributed by atoms with E-state index in [1.807, 2.05) is 0 Å². The topological polar surface area (TPSA) is 64.9 Å². The summed E-state index contributed by atoms with van der Waals surface area (Å²) in [5.41, 5.74) is 2.96. The second-order valence-electron chi connectivity index (χ2n) is 4.64. The van der Waals surface area contributed by atoms with Crippen LogP contribution < -0.4 is 5.48 Å². The number of hydrogen-bond donors (Lipinski definition) is 3. The van der Waals surface area contributed by atoms with Gasteiger partial charge in [-0.15, -0.1) is 0 Å². The minimum atomic E-state index is -0.163. The van der Waals surface area contributed by atoms with Gasteiger partial charge in [0.1, 0.15) is 0 Å². The number of nitrogens with zero attached hydrogens (tertiary/aromatic N) is 1. The third kappa shape index (κ3) is 4.94. The molecule has 0 heterocycles. The number of nitrogens with one attached hydrogen (secondary N) is 1. The Labute approximate surface area is 97.7 Å². The summed E-state index contributed by atoms with van der Waals surface area (Å²) in [6.45, 7) is 0. The fourth-order valence-electron chi connectivity index (χ4n) is 2.31. The molecule has 4 heteroatoms. The van der Waals surface area contributed by atoms with Crippen LogP contribution in [0.1, 0.15) is 64.2 Å². The zero-order chi connectivity index (χ0) is 11.6.